The molecule has 0 heterocycles. The van der Waals surface area contributed by atoms with E-state index in [1.807, 2.05) is 43.3 Å². The number of benzene rings is 3. The van der Waals surface area contributed by atoms with Gasteiger partial charge in [-0.1, -0.05) is 48.0 Å². The Morgan fingerprint density at radius 2 is 1.68 bits per heavy atom. The van der Waals surface area contributed by atoms with Crippen molar-refractivity contribution in [2.45, 2.75) is 31.8 Å². The molecule has 0 aromatic heterocycles. The van der Waals surface area contributed by atoms with Crippen molar-refractivity contribution in [1.29, 1.82) is 0 Å². The first-order valence-corrected chi connectivity index (χ1v) is 10.3. The Bertz CT molecular complexity index is 1130. The maximum atomic E-state index is 12.4. The molecule has 0 fully saturated rings. The lowest BCUT2D eigenvalue weighted by atomic mass is 10.1. The number of rotatable bonds is 6. The van der Waals surface area contributed by atoms with Crippen LogP contribution in [0.3, 0.4) is 0 Å². The predicted molar refractivity (Wildman–Crippen MR) is 108 cm³/mol. The van der Waals surface area contributed by atoms with Crippen LogP contribution in [0.25, 0.3) is 10.8 Å². The molecule has 0 aliphatic carbocycles. The first-order valence-electron chi connectivity index (χ1n) is 8.80. The van der Waals surface area contributed by atoms with E-state index in [0.29, 0.717) is 11.3 Å². The molecule has 3 aromatic rings. The summed E-state index contributed by atoms with van der Waals surface area (Å²) in [7, 11) is -3.88. The van der Waals surface area contributed by atoms with Gasteiger partial charge in [-0.3, -0.25) is 10.2 Å². The van der Waals surface area contributed by atoms with Crippen molar-refractivity contribution < 1.29 is 17.9 Å². The summed E-state index contributed by atoms with van der Waals surface area (Å²) in [5.41, 5.74) is 3.77. The maximum Gasteiger partial charge on any atom is 0.275 e. The zero-order valence-electron chi connectivity index (χ0n) is 15.9. The lowest BCUT2D eigenvalue weighted by molar-refractivity contribution is -0.127. The summed E-state index contributed by atoms with van der Waals surface area (Å²) in [6.07, 6.45) is -0.886. The lowest BCUT2D eigenvalue weighted by Crippen LogP contribution is -2.47. The summed E-state index contributed by atoms with van der Waals surface area (Å²) in [5, 5.41) is 2.05. The van der Waals surface area contributed by atoms with E-state index in [0.717, 1.165) is 16.3 Å². The molecule has 0 bridgehead atoms. The van der Waals surface area contributed by atoms with Gasteiger partial charge < -0.3 is 4.74 Å². The minimum absolute atomic E-state index is 0.113. The molecule has 0 spiro atoms. The fraction of sp³-hybridized carbons (Fsp3) is 0.190. The van der Waals surface area contributed by atoms with E-state index in [-0.39, 0.29) is 4.90 Å². The summed E-state index contributed by atoms with van der Waals surface area (Å²) in [6, 6.07) is 18.3. The van der Waals surface area contributed by atoms with E-state index < -0.39 is 22.0 Å². The Morgan fingerprint density at radius 3 is 2.39 bits per heavy atom. The third-order valence-corrected chi connectivity index (χ3v) is 5.74. The second kappa shape index (κ2) is 8.00. The first-order chi connectivity index (χ1) is 13.3. The third-order valence-electron chi connectivity index (χ3n) is 4.33. The van der Waals surface area contributed by atoms with E-state index in [2.05, 4.69) is 10.3 Å². The average Bonchev–Trinajstić information content (AvgIpc) is 2.65. The van der Waals surface area contributed by atoms with Crippen LogP contribution in [0.1, 0.15) is 18.1 Å². The standard InChI is InChI=1S/C21H22N2O4S/c1-14-8-11-20(15(2)12-14)28(25,26)23-22-21(24)16(3)27-19-10-9-17-6-4-5-7-18(17)13-19/h4-13,16,23H,1-3H3,(H,22,24)/t16-/m1/s1. The highest BCUT2D eigenvalue weighted by Crippen LogP contribution is 2.21. The van der Waals surface area contributed by atoms with Crippen LogP contribution in [0.15, 0.2) is 65.6 Å². The van der Waals surface area contributed by atoms with Crippen molar-refractivity contribution in [1.82, 2.24) is 10.3 Å². The Labute approximate surface area is 164 Å². The predicted octanol–water partition coefficient (Wildman–Crippen LogP) is 3.23. The Balaban J connectivity index is 1.64. The van der Waals surface area contributed by atoms with Gasteiger partial charge in [-0.25, -0.2) is 8.42 Å². The van der Waals surface area contributed by atoms with E-state index in [1.165, 1.54) is 6.07 Å². The fourth-order valence-corrected chi connectivity index (χ4v) is 3.95. The highest BCUT2D eigenvalue weighted by molar-refractivity contribution is 7.89. The van der Waals surface area contributed by atoms with Crippen LogP contribution in [0, 0.1) is 13.8 Å². The summed E-state index contributed by atoms with van der Waals surface area (Å²) in [5.74, 6) is -0.0694. The number of carbonyl (C=O) groups is 1. The van der Waals surface area contributed by atoms with Crippen molar-refractivity contribution in [3.8, 4) is 5.75 Å². The maximum absolute atomic E-state index is 12.4. The Kier molecular flexibility index (Phi) is 5.67. The van der Waals surface area contributed by atoms with Gasteiger partial charge in [-0.15, -0.1) is 4.83 Å². The second-order valence-corrected chi connectivity index (χ2v) is 8.28. The SMILES string of the molecule is Cc1ccc(S(=O)(=O)NNC(=O)[C@@H](C)Oc2ccc3ccccc3c2)c(C)c1. The average molecular weight is 398 g/mol. The summed E-state index contributed by atoms with van der Waals surface area (Å²) in [6.45, 7) is 5.13. The van der Waals surface area contributed by atoms with Crippen LogP contribution in [-0.2, 0) is 14.8 Å². The molecule has 0 saturated heterocycles. The van der Waals surface area contributed by atoms with Crippen LogP contribution in [0.4, 0.5) is 0 Å². The van der Waals surface area contributed by atoms with Crippen LogP contribution < -0.4 is 15.0 Å². The monoisotopic (exact) mass is 398 g/mol. The minimum atomic E-state index is -3.88. The molecular formula is C21H22N2O4S. The van der Waals surface area contributed by atoms with Gasteiger partial charge in [0.25, 0.3) is 15.9 Å². The van der Waals surface area contributed by atoms with Gasteiger partial charge >= 0.3 is 0 Å². The molecule has 7 heteroatoms. The highest BCUT2D eigenvalue weighted by Gasteiger charge is 2.20. The number of hydrazine groups is 1. The number of hydrogen-bond acceptors (Lipinski definition) is 4. The molecule has 2 N–H and O–H groups in total. The summed E-state index contributed by atoms with van der Waals surface area (Å²) in [4.78, 5) is 14.5. The van der Waals surface area contributed by atoms with Crippen LogP contribution in [0.5, 0.6) is 5.75 Å². The molecule has 6 nitrogen and oxygen atoms in total. The lowest BCUT2D eigenvalue weighted by Gasteiger charge is -2.16. The van der Waals surface area contributed by atoms with Crippen molar-refractivity contribution >= 4 is 26.7 Å². The second-order valence-electron chi connectivity index (χ2n) is 6.63. The van der Waals surface area contributed by atoms with Crippen molar-refractivity contribution in [2.75, 3.05) is 0 Å². The first kappa shape index (κ1) is 19.9. The number of amides is 1. The molecule has 1 atom stereocenters. The number of fused-ring (bicyclic) bond motifs is 1. The molecule has 0 aliphatic heterocycles. The quantitative estimate of drug-likeness (QED) is 0.625. The minimum Gasteiger partial charge on any atom is -0.481 e. The van der Waals surface area contributed by atoms with Crippen molar-refractivity contribution in [3.63, 3.8) is 0 Å². The number of ether oxygens (including phenoxy) is 1. The molecule has 146 valence electrons. The summed E-state index contributed by atoms with van der Waals surface area (Å²) < 4.78 is 30.5. The fourth-order valence-electron chi connectivity index (χ4n) is 2.87. The largest absolute Gasteiger partial charge is 0.481 e. The molecule has 0 unspecified atom stereocenters. The zero-order valence-corrected chi connectivity index (χ0v) is 16.7. The van der Waals surface area contributed by atoms with Gasteiger partial charge in [-0.05, 0) is 55.3 Å². The molecule has 0 saturated carbocycles. The molecule has 3 aromatic carbocycles. The highest BCUT2D eigenvalue weighted by atomic mass is 32.2. The molecule has 1 amide bonds. The molecule has 0 aliphatic rings. The number of sulfonamides is 1. The van der Waals surface area contributed by atoms with Gasteiger partial charge in [0.2, 0.25) is 0 Å². The van der Waals surface area contributed by atoms with E-state index in [1.54, 1.807) is 32.0 Å². The molecular weight excluding hydrogens is 376 g/mol. The van der Waals surface area contributed by atoms with Crippen LogP contribution in [-0.4, -0.2) is 20.4 Å². The number of hydrogen-bond donors (Lipinski definition) is 2. The van der Waals surface area contributed by atoms with Gasteiger partial charge in [0.05, 0.1) is 4.90 Å². The summed E-state index contributed by atoms with van der Waals surface area (Å²) >= 11 is 0. The third kappa shape index (κ3) is 4.49. The van der Waals surface area contributed by atoms with Gasteiger partial charge in [0, 0.05) is 0 Å². The number of nitrogens with one attached hydrogen (secondary N) is 2. The topological polar surface area (TPSA) is 84.5 Å². The van der Waals surface area contributed by atoms with Gasteiger partial charge in [0.1, 0.15) is 5.75 Å². The molecule has 0 radical (unpaired) electrons. The van der Waals surface area contributed by atoms with Crippen molar-refractivity contribution in [3.05, 3.63) is 71.8 Å². The van der Waals surface area contributed by atoms with E-state index >= 15 is 0 Å². The Hall–Kier alpha value is -2.90. The normalized spacial score (nSPS) is 12.5. The van der Waals surface area contributed by atoms with Crippen LogP contribution in [0.2, 0.25) is 0 Å². The molecule has 3 rings (SSSR count). The molecule has 28 heavy (non-hydrogen) atoms. The zero-order chi connectivity index (χ0) is 20.3. The number of aryl methyl sites for hydroxylation is 2. The number of carbonyl (C=O) groups excluding carboxylic acids is 1. The Morgan fingerprint density at radius 1 is 0.964 bits per heavy atom. The van der Waals surface area contributed by atoms with Crippen molar-refractivity contribution in [2.24, 2.45) is 0 Å². The van der Waals surface area contributed by atoms with Crippen LogP contribution >= 0.6 is 0 Å². The van der Waals surface area contributed by atoms with E-state index in [9.17, 15) is 13.2 Å². The smallest absolute Gasteiger partial charge is 0.275 e. The van der Waals surface area contributed by atoms with Gasteiger partial charge in [0.15, 0.2) is 6.10 Å². The van der Waals surface area contributed by atoms with E-state index in [4.69, 9.17) is 4.74 Å². The van der Waals surface area contributed by atoms with Gasteiger partial charge in [-0.2, -0.15) is 0 Å².